The number of carbonyl (C=O) groups is 1. The second kappa shape index (κ2) is 8.53. The van der Waals surface area contributed by atoms with Crippen molar-refractivity contribution in [2.75, 3.05) is 27.3 Å². The average molecular weight is 468 g/mol. The van der Waals surface area contributed by atoms with Crippen LogP contribution in [0.4, 0.5) is 0 Å². The highest BCUT2D eigenvalue weighted by molar-refractivity contribution is 9.10. The highest BCUT2D eigenvalue weighted by atomic mass is 79.9. The SMILES string of the molecule is COc1ccc(S(=O)(=O)C2CN(C(=O)CCc3ccc(OC)c(Br)c3)C2)cc1. The molecule has 0 unspecified atom stereocenters. The minimum absolute atomic E-state index is 0.0341. The first-order valence-corrected chi connectivity index (χ1v) is 11.2. The van der Waals surface area contributed by atoms with E-state index in [1.54, 1.807) is 36.3 Å². The topological polar surface area (TPSA) is 72.9 Å². The fraction of sp³-hybridized carbons (Fsp3) is 0.350. The lowest BCUT2D eigenvalue weighted by Crippen LogP contribution is -2.56. The molecule has 0 radical (unpaired) electrons. The normalized spacial score (nSPS) is 14.5. The number of aryl methyl sites for hydroxylation is 1. The van der Waals surface area contributed by atoms with Crippen molar-refractivity contribution in [3.8, 4) is 11.5 Å². The molecule has 1 fully saturated rings. The van der Waals surface area contributed by atoms with Gasteiger partial charge >= 0.3 is 0 Å². The van der Waals surface area contributed by atoms with Crippen LogP contribution in [0.5, 0.6) is 11.5 Å². The minimum Gasteiger partial charge on any atom is -0.497 e. The number of likely N-dealkylation sites (tertiary alicyclic amines) is 1. The quantitative estimate of drug-likeness (QED) is 0.625. The van der Waals surface area contributed by atoms with Gasteiger partial charge in [0.15, 0.2) is 9.84 Å². The first kappa shape index (κ1) is 20.7. The van der Waals surface area contributed by atoms with Crippen molar-refractivity contribution in [2.24, 2.45) is 0 Å². The van der Waals surface area contributed by atoms with Gasteiger partial charge in [-0.25, -0.2) is 8.42 Å². The van der Waals surface area contributed by atoms with E-state index in [2.05, 4.69) is 15.9 Å². The molecule has 0 bridgehead atoms. The molecule has 1 aliphatic heterocycles. The highest BCUT2D eigenvalue weighted by Gasteiger charge is 2.40. The van der Waals surface area contributed by atoms with Gasteiger partial charge in [0.05, 0.1) is 23.6 Å². The van der Waals surface area contributed by atoms with Crippen LogP contribution in [-0.2, 0) is 21.1 Å². The number of methoxy groups -OCH3 is 2. The molecule has 2 aromatic carbocycles. The van der Waals surface area contributed by atoms with Gasteiger partial charge in [-0.05, 0) is 64.3 Å². The molecule has 1 amide bonds. The first-order valence-electron chi connectivity index (χ1n) is 8.83. The average Bonchev–Trinajstić information content (AvgIpc) is 2.65. The molecule has 1 saturated heterocycles. The molecule has 28 heavy (non-hydrogen) atoms. The second-order valence-corrected chi connectivity index (χ2v) is 9.69. The third-order valence-electron chi connectivity index (χ3n) is 4.87. The lowest BCUT2D eigenvalue weighted by Gasteiger charge is -2.38. The first-order chi connectivity index (χ1) is 13.3. The van der Waals surface area contributed by atoms with E-state index >= 15 is 0 Å². The van der Waals surface area contributed by atoms with Gasteiger partial charge in [0, 0.05) is 19.5 Å². The number of sulfone groups is 1. The van der Waals surface area contributed by atoms with E-state index in [0.29, 0.717) is 18.6 Å². The van der Waals surface area contributed by atoms with Crippen LogP contribution in [0.3, 0.4) is 0 Å². The number of hydrogen-bond donors (Lipinski definition) is 0. The van der Waals surface area contributed by atoms with Crippen molar-refractivity contribution in [2.45, 2.75) is 23.0 Å². The summed E-state index contributed by atoms with van der Waals surface area (Å²) in [6.45, 7) is 0.471. The third kappa shape index (κ3) is 4.33. The summed E-state index contributed by atoms with van der Waals surface area (Å²) < 4.78 is 36.4. The van der Waals surface area contributed by atoms with E-state index in [1.807, 2.05) is 18.2 Å². The Kier molecular flexibility index (Phi) is 6.30. The molecule has 8 heteroatoms. The number of nitrogens with zero attached hydrogens (tertiary/aromatic N) is 1. The second-order valence-electron chi connectivity index (χ2n) is 6.61. The number of benzene rings is 2. The Morgan fingerprint density at radius 2 is 1.79 bits per heavy atom. The third-order valence-corrected chi connectivity index (χ3v) is 7.60. The van der Waals surface area contributed by atoms with Crippen molar-refractivity contribution in [1.82, 2.24) is 4.90 Å². The summed E-state index contributed by atoms with van der Waals surface area (Å²) in [5.41, 5.74) is 1.02. The molecule has 6 nitrogen and oxygen atoms in total. The fourth-order valence-electron chi connectivity index (χ4n) is 3.07. The molecular formula is C20H22BrNO5S. The number of hydrogen-bond acceptors (Lipinski definition) is 5. The molecule has 0 N–H and O–H groups in total. The van der Waals surface area contributed by atoms with Crippen LogP contribution in [0.1, 0.15) is 12.0 Å². The molecule has 3 rings (SSSR count). The molecule has 0 saturated carbocycles. The Morgan fingerprint density at radius 1 is 1.11 bits per heavy atom. The van der Waals surface area contributed by atoms with Gasteiger partial charge in [-0.1, -0.05) is 6.07 Å². The zero-order valence-electron chi connectivity index (χ0n) is 15.7. The van der Waals surface area contributed by atoms with Crippen molar-refractivity contribution in [3.05, 3.63) is 52.5 Å². The minimum atomic E-state index is -3.44. The van der Waals surface area contributed by atoms with Gasteiger partial charge < -0.3 is 14.4 Å². The highest BCUT2D eigenvalue weighted by Crippen LogP contribution is 2.28. The maximum atomic E-state index is 12.7. The molecule has 2 aromatic rings. The Bertz CT molecular complexity index is 953. The molecule has 0 aromatic heterocycles. The zero-order chi connectivity index (χ0) is 20.3. The molecule has 1 heterocycles. The van der Waals surface area contributed by atoms with E-state index in [1.165, 1.54) is 7.11 Å². The smallest absolute Gasteiger partial charge is 0.222 e. The van der Waals surface area contributed by atoms with Crippen LogP contribution < -0.4 is 9.47 Å². The van der Waals surface area contributed by atoms with E-state index in [-0.39, 0.29) is 23.9 Å². The number of amides is 1. The van der Waals surface area contributed by atoms with Crippen LogP contribution in [0, 0.1) is 0 Å². The van der Waals surface area contributed by atoms with Gasteiger partial charge in [0.2, 0.25) is 5.91 Å². The molecular weight excluding hydrogens is 446 g/mol. The largest absolute Gasteiger partial charge is 0.497 e. The molecule has 0 aliphatic carbocycles. The Morgan fingerprint density at radius 3 is 2.36 bits per heavy atom. The summed E-state index contributed by atoms with van der Waals surface area (Å²) >= 11 is 3.43. The zero-order valence-corrected chi connectivity index (χ0v) is 18.1. The Labute approximate surface area is 173 Å². The van der Waals surface area contributed by atoms with Crippen LogP contribution in [0.15, 0.2) is 51.8 Å². The van der Waals surface area contributed by atoms with Gasteiger partial charge in [-0.15, -0.1) is 0 Å². The van der Waals surface area contributed by atoms with Crippen molar-refractivity contribution >= 4 is 31.7 Å². The summed E-state index contributed by atoms with van der Waals surface area (Å²) in [4.78, 5) is 14.2. The monoisotopic (exact) mass is 467 g/mol. The lowest BCUT2D eigenvalue weighted by molar-refractivity contribution is -0.134. The van der Waals surface area contributed by atoms with Crippen molar-refractivity contribution in [1.29, 1.82) is 0 Å². The number of halogens is 1. The van der Waals surface area contributed by atoms with Gasteiger partial charge in [0.1, 0.15) is 16.7 Å². The summed E-state index contributed by atoms with van der Waals surface area (Å²) in [7, 11) is -0.312. The molecule has 0 atom stereocenters. The molecule has 1 aliphatic rings. The van der Waals surface area contributed by atoms with Crippen molar-refractivity contribution in [3.63, 3.8) is 0 Å². The summed E-state index contributed by atoms with van der Waals surface area (Å²) in [5.74, 6) is 1.31. The van der Waals surface area contributed by atoms with E-state index in [9.17, 15) is 13.2 Å². The summed E-state index contributed by atoms with van der Waals surface area (Å²) in [6, 6.07) is 12.0. The van der Waals surface area contributed by atoms with Crippen molar-refractivity contribution < 1.29 is 22.7 Å². The van der Waals surface area contributed by atoms with Crippen LogP contribution in [0.2, 0.25) is 0 Å². The van der Waals surface area contributed by atoms with Crippen LogP contribution in [0.25, 0.3) is 0 Å². The van der Waals surface area contributed by atoms with Crippen LogP contribution in [-0.4, -0.2) is 51.8 Å². The molecule has 150 valence electrons. The predicted octanol–water partition coefficient (Wildman–Crippen LogP) is 3.08. The van der Waals surface area contributed by atoms with Gasteiger partial charge in [-0.2, -0.15) is 0 Å². The number of rotatable bonds is 7. The predicted molar refractivity (Wildman–Crippen MR) is 110 cm³/mol. The summed E-state index contributed by atoms with van der Waals surface area (Å²) in [6.07, 6.45) is 0.932. The maximum absolute atomic E-state index is 12.7. The Hall–Kier alpha value is -2.06. The standard InChI is InChI=1S/C20H22BrNO5S/c1-26-15-5-7-16(8-6-15)28(24,25)17-12-22(13-17)20(23)10-4-14-3-9-19(27-2)18(21)11-14/h3,5-9,11,17H,4,10,12-13H2,1-2H3. The van der Waals surface area contributed by atoms with Crippen LogP contribution >= 0.6 is 15.9 Å². The van der Waals surface area contributed by atoms with Gasteiger partial charge in [0.25, 0.3) is 0 Å². The summed E-state index contributed by atoms with van der Waals surface area (Å²) in [5, 5.41) is -0.556. The number of carbonyl (C=O) groups excluding carboxylic acids is 1. The number of ether oxygens (including phenoxy) is 2. The fourth-order valence-corrected chi connectivity index (χ4v) is 5.31. The van der Waals surface area contributed by atoms with Gasteiger partial charge in [-0.3, -0.25) is 4.79 Å². The van der Waals surface area contributed by atoms with E-state index < -0.39 is 15.1 Å². The van der Waals surface area contributed by atoms with E-state index in [0.717, 1.165) is 15.8 Å². The Balaban J connectivity index is 1.53. The lowest BCUT2D eigenvalue weighted by atomic mass is 10.1. The molecule has 0 spiro atoms. The van der Waals surface area contributed by atoms with E-state index in [4.69, 9.17) is 9.47 Å². The maximum Gasteiger partial charge on any atom is 0.222 e.